The van der Waals surface area contributed by atoms with Crippen LogP contribution in [0.2, 0.25) is 0 Å². The van der Waals surface area contributed by atoms with Gasteiger partial charge in [0.15, 0.2) is 11.2 Å². The highest BCUT2D eigenvalue weighted by Gasteiger charge is 2.24. The fraction of sp³-hybridized carbons (Fsp3) is 0.522. The van der Waals surface area contributed by atoms with Gasteiger partial charge in [0.1, 0.15) is 0 Å². The molecule has 1 aromatic carbocycles. The first-order chi connectivity index (χ1) is 16.5. The summed E-state index contributed by atoms with van der Waals surface area (Å²) in [4.78, 5) is 33.8. The number of aromatic nitrogens is 4. The van der Waals surface area contributed by atoms with Crippen molar-refractivity contribution < 1.29 is 9.47 Å². The normalized spacial score (nSPS) is 14.6. The topological polar surface area (TPSA) is 95.6 Å². The second-order valence-corrected chi connectivity index (χ2v) is 9.42. The van der Waals surface area contributed by atoms with Crippen LogP contribution in [0.15, 0.2) is 33.9 Å². The van der Waals surface area contributed by atoms with E-state index in [1.807, 2.05) is 16.7 Å². The largest absolute Gasteiger partial charge is 0.382 e. The van der Waals surface area contributed by atoms with Crippen molar-refractivity contribution in [1.29, 1.82) is 0 Å². The lowest BCUT2D eigenvalue weighted by molar-refractivity contribution is 0.0658. The molecule has 0 radical (unpaired) electrons. The minimum Gasteiger partial charge on any atom is -0.382 e. The standard InChI is InChI=1S/C23H31IN6O4/c1-27-20-19(21(31)29(23(27)32)12-13-34-15-14-33-2)30(16-17-6-3-4-7-18(17)24)22(26-20)28-10-5-8-25-9-11-28/h3-4,6-7,25H,5,8-16H2,1-2H3. The lowest BCUT2D eigenvalue weighted by Crippen LogP contribution is -2.40. The second-order valence-electron chi connectivity index (χ2n) is 8.26. The highest BCUT2D eigenvalue weighted by molar-refractivity contribution is 14.1. The van der Waals surface area contributed by atoms with Crippen LogP contribution in [0.1, 0.15) is 12.0 Å². The minimum absolute atomic E-state index is 0.169. The number of hydrogen-bond acceptors (Lipinski definition) is 7. The van der Waals surface area contributed by atoms with Crippen molar-refractivity contribution in [3.05, 3.63) is 54.2 Å². The van der Waals surface area contributed by atoms with E-state index in [0.717, 1.165) is 47.7 Å². The number of ether oxygens (including phenoxy) is 2. The molecule has 0 atom stereocenters. The number of anilines is 1. The average Bonchev–Trinajstić information content (AvgIpc) is 3.00. The van der Waals surface area contributed by atoms with Crippen molar-refractivity contribution in [1.82, 2.24) is 24.0 Å². The summed E-state index contributed by atoms with van der Waals surface area (Å²) in [5.41, 5.74) is 1.21. The van der Waals surface area contributed by atoms with E-state index in [2.05, 4.69) is 44.9 Å². The highest BCUT2D eigenvalue weighted by Crippen LogP contribution is 2.23. The van der Waals surface area contributed by atoms with E-state index in [-0.39, 0.29) is 18.7 Å². The second kappa shape index (κ2) is 11.5. The molecule has 1 N–H and O–H groups in total. The zero-order valence-corrected chi connectivity index (χ0v) is 21.8. The van der Waals surface area contributed by atoms with Gasteiger partial charge in [0.05, 0.1) is 32.9 Å². The van der Waals surface area contributed by atoms with Gasteiger partial charge in [-0.1, -0.05) is 18.2 Å². The molecule has 34 heavy (non-hydrogen) atoms. The third kappa shape index (κ3) is 5.21. The number of fused-ring (bicyclic) bond motifs is 1. The summed E-state index contributed by atoms with van der Waals surface area (Å²) in [6.45, 7) is 5.18. The molecule has 0 spiro atoms. The summed E-state index contributed by atoms with van der Waals surface area (Å²) in [6, 6.07) is 8.11. The smallest absolute Gasteiger partial charge is 0.332 e. The first kappa shape index (κ1) is 24.9. The molecule has 1 fully saturated rings. The Hall–Kier alpha value is -2.22. The predicted octanol–water partition coefficient (Wildman–Crippen LogP) is 1.01. The van der Waals surface area contributed by atoms with Gasteiger partial charge in [0.25, 0.3) is 5.56 Å². The van der Waals surface area contributed by atoms with Crippen LogP contribution in [0.5, 0.6) is 0 Å². The quantitative estimate of drug-likeness (QED) is 0.298. The van der Waals surface area contributed by atoms with Gasteiger partial charge in [-0.25, -0.2) is 4.79 Å². The minimum atomic E-state index is -0.393. The highest BCUT2D eigenvalue weighted by atomic mass is 127. The number of imidazole rings is 1. The average molecular weight is 582 g/mol. The molecule has 1 saturated heterocycles. The third-order valence-corrected chi connectivity index (χ3v) is 7.06. The number of nitrogens with zero attached hydrogens (tertiary/aromatic N) is 5. The van der Waals surface area contributed by atoms with Crippen LogP contribution < -0.4 is 21.5 Å². The van der Waals surface area contributed by atoms with Crippen LogP contribution in [-0.4, -0.2) is 71.8 Å². The van der Waals surface area contributed by atoms with Crippen molar-refractivity contribution >= 4 is 39.7 Å². The van der Waals surface area contributed by atoms with Gasteiger partial charge in [-0.05, 0) is 47.2 Å². The zero-order chi connectivity index (χ0) is 24.1. The molecule has 10 nitrogen and oxygen atoms in total. The van der Waals surface area contributed by atoms with E-state index in [1.54, 1.807) is 14.2 Å². The number of nitrogens with one attached hydrogen (secondary N) is 1. The van der Waals surface area contributed by atoms with Gasteiger partial charge in [0, 0.05) is 37.4 Å². The number of halogens is 1. The van der Waals surface area contributed by atoms with Crippen molar-refractivity contribution in [2.24, 2.45) is 7.05 Å². The van der Waals surface area contributed by atoms with Crippen LogP contribution >= 0.6 is 22.6 Å². The molecule has 0 unspecified atom stereocenters. The maximum atomic E-state index is 13.7. The molecule has 4 rings (SSSR count). The number of methoxy groups -OCH3 is 1. The molecule has 3 aromatic rings. The van der Waals surface area contributed by atoms with Gasteiger partial charge in [-0.15, -0.1) is 0 Å². The summed E-state index contributed by atoms with van der Waals surface area (Å²) in [7, 11) is 3.27. The number of rotatable bonds is 9. The summed E-state index contributed by atoms with van der Waals surface area (Å²) < 4.78 is 16.3. The molecule has 11 heteroatoms. The van der Waals surface area contributed by atoms with Crippen LogP contribution in [0.25, 0.3) is 11.2 Å². The fourth-order valence-electron chi connectivity index (χ4n) is 4.19. The molecule has 2 aromatic heterocycles. The van der Waals surface area contributed by atoms with Crippen LogP contribution in [0.4, 0.5) is 5.95 Å². The Labute approximate surface area is 211 Å². The Kier molecular flexibility index (Phi) is 8.40. The summed E-state index contributed by atoms with van der Waals surface area (Å²) in [6.07, 6.45) is 0.980. The van der Waals surface area contributed by atoms with Crippen molar-refractivity contribution in [3.63, 3.8) is 0 Å². The van der Waals surface area contributed by atoms with Gasteiger partial charge >= 0.3 is 5.69 Å². The number of aryl methyl sites for hydroxylation is 1. The van der Waals surface area contributed by atoms with Gasteiger partial charge in [0.2, 0.25) is 5.95 Å². The molecule has 0 saturated carbocycles. The van der Waals surface area contributed by atoms with Crippen molar-refractivity contribution in [2.75, 3.05) is 58.0 Å². The maximum Gasteiger partial charge on any atom is 0.332 e. The van der Waals surface area contributed by atoms with Crippen molar-refractivity contribution in [3.8, 4) is 0 Å². The SMILES string of the molecule is COCCOCCn1c(=O)c2c(nc(N3CCCNCC3)n2Cc2ccccc2I)n(C)c1=O. The van der Waals surface area contributed by atoms with Crippen LogP contribution in [0, 0.1) is 3.57 Å². The lowest BCUT2D eigenvalue weighted by Gasteiger charge is -2.22. The molecule has 0 amide bonds. The van der Waals surface area contributed by atoms with Gasteiger partial charge in [-0.2, -0.15) is 4.98 Å². The maximum absolute atomic E-state index is 13.7. The summed E-state index contributed by atoms with van der Waals surface area (Å²) in [5, 5.41) is 3.41. The Morgan fingerprint density at radius 2 is 1.91 bits per heavy atom. The zero-order valence-electron chi connectivity index (χ0n) is 19.6. The van der Waals surface area contributed by atoms with Crippen LogP contribution in [-0.2, 0) is 29.6 Å². The number of benzene rings is 1. The Balaban J connectivity index is 1.83. The first-order valence-corrected chi connectivity index (χ1v) is 12.6. The molecule has 1 aliphatic rings. The number of hydrogen-bond donors (Lipinski definition) is 1. The third-order valence-electron chi connectivity index (χ3n) is 6.01. The molecule has 1 aliphatic heterocycles. The monoisotopic (exact) mass is 582 g/mol. The first-order valence-electron chi connectivity index (χ1n) is 11.5. The van der Waals surface area contributed by atoms with E-state index in [1.165, 1.54) is 9.13 Å². The van der Waals surface area contributed by atoms with E-state index in [9.17, 15) is 9.59 Å². The Bertz CT molecular complexity index is 1240. The Morgan fingerprint density at radius 1 is 1.09 bits per heavy atom. The van der Waals surface area contributed by atoms with E-state index in [4.69, 9.17) is 14.5 Å². The molecule has 184 valence electrons. The van der Waals surface area contributed by atoms with Gasteiger partial charge < -0.3 is 19.7 Å². The van der Waals surface area contributed by atoms with Crippen molar-refractivity contribution in [2.45, 2.75) is 19.5 Å². The van der Waals surface area contributed by atoms with Crippen LogP contribution in [0.3, 0.4) is 0 Å². The predicted molar refractivity (Wildman–Crippen MR) is 140 cm³/mol. The van der Waals surface area contributed by atoms with E-state index in [0.29, 0.717) is 30.9 Å². The van der Waals surface area contributed by atoms with Gasteiger partial charge in [-0.3, -0.25) is 18.5 Å². The fourth-order valence-corrected chi connectivity index (χ4v) is 4.75. The summed E-state index contributed by atoms with van der Waals surface area (Å²) in [5.74, 6) is 0.722. The molecule has 3 heterocycles. The lowest BCUT2D eigenvalue weighted by atomic mass is 10.2. The van der Waals surface area contributed by atoms with E-state index < -0.39 is 5.69 Å². The molecular weight excluding hydrogens is 551 g/mol. The molecule has 0 aliphatic carbocycles. The molecule has 0 bridgehead atoms. The Morgan fingerprint density at radius 3 is 2.71 bits per heavy atom. The molecular formula is C23H31IN6O4. The van der Waals surface area contributed by atoms with E-state index >= 15 is 0 Å². The summed E-state index contributed by atoms with van der Waals surface area (Å²) >= 11 is 2.32.